The number of hydrogen-bond acceptors (Lipinski definition) is 4. The van der Waals surface area contributed by atoms with Gasteiger partial charge in [0.2, 0.25) is 0 Å². The molecule has 0 unspecified atom stereocenters. The number of carbonyl (C=O) groups excluding carboxylic acids is 3. The van der Waals surface area contributed by atoms with E-state index in [0.29, 0.717) is 11.6 Å². The summed E-state index contributed by atoms with van der Waals surface area (Å²) < 4.78 is 5.78. The Morgan fingerprint density at radius 3 is 2.48 bits per heavy atom. The lowest BCUT2D eigenvalue weighted by molar-refractivity contribution is -0.158. The van der Waals surface area contributed by atoms with Crippen LogP contribution >= 0.6 is 0 Å². The van der Waals surface area contributed by atoms with Gasteiger partial charge in [0.05, 0.1) is 0 Å². The van der Waals surface area contributed by atoms with Crippen LogP contribution in [0.15, 0.2) is 30.3 Å². The second-order valence-electron chi connectivity index (χ2n) is 8.77. The zero-order valence-electron chi connectivity index (χ0n) is 16.1. The maximum absolute atomic E-state index is 12.6. The number of benzene rings is 1. The average Bonchev–Trinajstić information content (AvgIpc) is 3.11. The number of rotatable bonds is 4. The molecule has 4 rings (SSSR count). The van der Waals surface area contributed by atoms with Crippen molar-refractivity contribution in [2.45, 2.75) is 46.1 Å². The Morgan fingerprint density at radius 2 is 1.89 bits per heavy atom. The molecule has 1 aromatic carbocycles. The lowest BCUT2D eigenvalue weighted by Gasteiger charge is -2.38. The largest absolute Gasteiger partial charge is 0.460 e. The molecule has 0 N–H and O–H groups in total. The van der Waals surface area contributed by atoms with Crippen molar-refractivity contribution >= 4 is 23.6 Å². The standard InChI is InChI=1S/C21H26N2O4/c1-20(2)14-9-10-21(20,3)16(11-14)27-18(25)13-23-17(24)12-22(19(23)26)15-7-5-4-6-8-15/h4-8,14,16H,9-13H2,1-3H3/t14-,16-,21+/m1/s1. The molecule has 1 aliphatic heterocycles. The minimum absolute atomic E-state index is 0.0393. The predicted molar refractivity (Wildman–Crippen MR) is 100 cm³/mol. The first-order valence-electron chi connectivity index (χ1n) is 9.60. The Bertz CT molecular complexity index is 791. The van der Waals surface area contributed by atoms with E-state index in [1.54, 1.807) is 12.1 Å². The molecular formula is C21H26N2O4. The van der Waals surface area contributed by atoms with Crippen LogP contribution in [0.4, 0.5) is 10.5 Å². The van der Waals surface area contributed by atoms with Gasteiger partial charge in [0.25, 0.3) is 5.91 Å². The summed E-state index contributed by atoms with van der Waals surface area (Å²) in [5, 5.41) is 0. The van der Waals surface area contributed by atoms with Gasteiger partial charge in [0.15, 0.2) is 0 Å². The number of para-hydroxylation sites is 1. The molecule has 3 aliphatic rings. The monoisotopic (exact) mass is 370 g/mol. The van der Waals surface area contributed by atoms with E-state index in [-0.39, 0.29) is 35.9 Å². The summed E-state index contributed by atoms with van der Waals surface area (Å²) in [6, 6.07) is 8.53. The highest BCUT2D eigenvalue weighted by molar-refractivity contribution is 6.13. The number of anilines is 1. The fourth-order valence-corrected chi connectivity index (χ4v) is 5.14. The average molecular weight is 370 g/mol. The number of esters is 1. The van der Waals surface area contributed by atoms with Gasteiger partial charge in [-0.2, -0.15) is 0 Å². The molecule has 1 heterocycles. The van der Waals surface area contributed by atoms with Crippen LogP contribution < -0.4 is 4.90 Å². The van der Waals surface area contributed by atoms with Gasteiger partial charge in [-0.25, -0.2) is 4.79 Å². The van der Waals surface area contributed by atoms with Gasteiger partial charge < -0.3 is 4.74 Å². The predicted octanol–water partition coefficient (Wildman–Crippen LogP) is 3.21. The van der Waals surface area contributed by atoms with Crippen molar-refractivity contribution in [1.29, 1.82) is 0 Å². The van der Waals surface area contributed by atoms with Gasteiger partial charge in [-0.05, 0) is 42.7 Å². The molecule has 0 aromatic heterocycles. The van der Waals surface area contributed by atoms with E-state index in [0.717, 1.165) is 17.7 Å². The summed E-state index contributed by atoms with van der Waals surface area (Å²) in [7, 11) is 0. The van der Waals surface area contributed by atoms with Crippen molar-refractivity contribution in [3.05, 3.63) is 30.3 Å². The molecule has 2 aliphatic carbocycles. The first kappa shape index (κ1) is 18.0. The molecule has 27 heavy (non-hydrogen) atoms. The van der Waals surface area contributed by atoms with Crippen molar-refractivity contribution in [2.75, 3.05) is 18.0 Å². The van der Waals surface area contributed by atoms with E-state index < -0.39 is 12.0 Å². The third kappa shape index (κ3) is 2.65. The number of urea groups is 1. The number of nitrogens with zero attached hydrogens (tertiary/aromatic N) is 2. The van der Waals surface area contributed by atoms with Gasteiger partial charge in [-0.1, -0.05) is 39.0 Å². The van der Waals surface area contributed by atoms with Crippen LogP contribution in [0.2, 0.25) is 0 Å². The third-order valence-electron chi connectivity index (χ3n) is 7.40. The first-order valence-corrected chi connectivity index (χ1v) is 9.60. The van der Waals surface area contributed by atoms with Gasteiger partial charge >= 0.3 is 12.0 Å². The molecule has 2 bridgehead atoms. The Kier molecular flexibility index (Phi) is 4.05. The highest BCUT2D eigenvalue weighted by Gasteiger charge is 2.63. The first-order chi connectivity index (χ1) is 12.7. The van der Waals surface area contributed by atoms with Crippen molar-refractivity contribution in [2.24, 2.45) is 16.7 Å². The second kappa shape index (κ2) is 6.08. The molecule has 0 spiro atoms. The maximum Gasteiger partial charge on any atom is 0.332 e. The molecule has 2 saturated carbocycles. The summed E-state index contributed by atoms with van der Waals surface area (Å²) in [5.74, 6) is -0.314. The van der Waals surface area contributed by atoms with Crippen molar-refractivity contribution < 1.29 is 19.1 Å². The molecule has 1 aromatic rings. The molecule has 6 heteroatoms. The minimum atomic E-state index is -0.499. The van der Waals surface area contributed by atoms with E-state index in [9.17, 15) is 14.4 Å². The van der Waals surface area contributed by atoms with Gasteiger partial charge in [0, 0.05) is 11.1 Å². The van der Waals surface area contributed by atoms with Crippen LogP contribution in [0, 0.1) is 16.7 Å². The zero-order chi connectivity index (χ0) is 19.4. The summed E-state index contributed by atoms with van der Waals surface area (Å²) >= 11 is 0. The van der Waals surface area contributed by atoms with E-state index in [1.807, 2.05) is 18.2 Å². The summed E-state index contributed by atoms with van der Waals surface area (Å²) in [5.41, 5.74) is 0.748. The maximum atomic E-state index is 12.6. The fourth-order valence-electron chi connectivity index (χ4n) is 5.14. The number of carbonyl (C=O) groups is 3. The lowest BCUT2D eigenvalue weighted by Crippen LogP contribution is -2.42. The highest BCUT2D eigenvalue weighted by atomic mass is 16.5. The Labute approximate surface area is 159 Å². The molecular weight excluding hydrogens is 344 g/mol. The molecule has 3 atom stereocenters. The number of imide groups is 1. The van der Waals surface area contributed by atoms with Crippen molar-refractivity contribution in [1.82, 2.24) is 4.90 Å². The smallest absolute Gasteiger partial charge is 0.332 e. The Hall–Kier alpha value is -2.37. The van der Waals surface area contributed by atoms with Crippen LogP contribution in [-0.4, -0.2) is 42.0 Å². The number of ether oxygens (including phenoxy) is 1. The number of amides is 3. The number of fused-ring (bicyclic) bond motifs is 2. The molecule has 1 saturated heterocycles. The zero-order valence-corrected chi connectivity index (χ0v) is 16.1. The summed E-state index contributed by atoms with van der Waals surface area (Å²) in [4.78, 5) is 39.8. The Balaban J connectivity index is 1.42. The highest BCUT2D eigenvalue weighted by Crippen LogP contribution is 2.66. The summed E-state index contributed by atoms with van der Waals surface area (Å²) in [6.07, 6.45) is 2.95. The molecule has 6 nitrogen and oxygen atoms in total. The van der Waals surface area contributed by atoms with Crippen LogP contribution in [0.25, 0.3) is 0 Å². The third-order valence-corrected chi connectivity index (χ3v) is 7.40. The van der Waals surface area contributed by atoms with E-state index in [1.165, 1.54) is 11.3 Å². The van der Waals surface area contributed by atoms with Crippen molar-refractivity contribution in [3.63, 3.8) is 0 Å². The number of hydrogen-bond donors (Lipinski definition) is 0. The van der Waals surface area contributed by atoms with Crippen LogP contribution in [0.5, 0.6) is 0 Å². The van der Waals surface area contributed by atoms with Crippen LogP contribution in [0.1, 0.15) is 40.0 Å². The SMILES string of the molecule is CC1(C)[C@@H]2CC[C@@]1(C)[C@H](OC(=O)CN1C(=O)CN(c3ccccc3)C1=O)C2. The van der Waals surface area contributed by atoms with Gasteiger partial charge in [-0.3, -0.25) is 19.4 Å². The lowest BCUT2D eigenvalue weighted by atomic mass is 9.70. The van der Waals surface area contributed by atoms with E-state index in [2.05, 4.69) is 20.8 Å². The molecule has 144 valence electrons. The molecule has 3 fully saturated rings. The van der Waals surface area contributed by atoms with Crippen LogP contribution in [0.3, 0.4) is 0 Å². The fraction of sp³-hybridized carbons (Fsp3) is 0.571. The normalized spacial score (nSPS) is 31.7. The minimum Gasteiger partial charge on any atom is -0.460 e. The quantitative estimate of drug-likeness (QED) is 0.603. The van der Waals surface area contributed by atoms with E-state index >= 15 is 0 Å². The summed E-state index contributed by atoms with van der Waals surface area (Å²) in [6.45, 7) is 6.33. The van der Waals surface area contributed by atoms with E-state index in [4.69, 9.17) is 4.74 Å². The molecule has 3 amide bonds. The van der Waals surface area contributed by atoms with Crippen LogP contribution in [-0.2, 0) is 14.3 Å². The van der Waals surface area contributed by atoms with Crippen molar-refractivity contribution in [3.8, 4) is 0 Å². The topological polar surface area (TPSA) is 66.9 Å². The van der Waals surface area contributed by atoms with Gasteiger partial charge in [-0.15, -0.1) is 0 Å². The second-order valence-corrected chi connectivity index (χ2v) is 8.77. The molecule has 0 radical (unpaired) electrons. The Morgan fingerprint density at radius 1 is 1.19 bits per heavy atom. The van der Waals surface area contributed by atoms with Gasteiger partial charge in [0.1, 0.15) is 19.2 Å².